The number of piperidine rings is 1. The van der Waals surface area contributed by atoms with Crippen molar-refractivity contribution in [2.24, 2.45) is 0 Å². The van der Waals surface area contributed by atoms with E-state index in [9.17, 15) is 9.90 Å². The molecule has 3 nitrogen and oxygen atoms in total. The van der Waals surface area contributed by atoms with Crippen molar-refractivity contribution in [1.29, 1.82) is 0 Å². The maximum Gasteiger partial charge on any atom is 0.223 e. The molecule has 1 N–H and O–H groups in total. The fourth-order valence-electron chi connectivity index (χ4n) is 3.58. The second-order valence-electron chi connectivity index (χ2n) is 5.80. The summed E-state index contributed by atoms with van der Waals surface area (Å²) >= 11 is 0. The number of amides is 1. The highest BCUT2D eigenvalue weighted by atomic mass is 16.3. The van der Waals surface area contributed by atoms with Crippen LogP contribution in [0.1, 0.15) is 37.7 Å². The van der Waals surface area contributed by atoms with E-state index in [1.807, 2.05) is 18.2 Å². The van der Waals surface area contributed by atoms with Gasteiger partial charge in [-0.3, -0.25) is 4.79 Å². The molecule has 2 aliphatic rings. The summed E-state index contributed by atoms with van der Waals surface area (Å²) in [6.07, 6.45) is 4.89. The molecule has 2 atom stereocenters. The van der Waals surface area contributed by atoms with Gasteiger partial charge in [-0.25, -0.2) is 0 Å². The molecule has 0 aromatic heterocycles. The number of carbonyl (C=O) groups is 1. The Morgan fingerprint density at radius 3 is 2.42 bits per heavy atom. The first-order chi connectivity index (χ1) is 9.24. The third-order valence-electron chi connectivity index (χ3n) is 4.47. The minimum absolute atomic E-state index is 0.198. The summed E-state index contributed by atoms with van der Waals surface area (Å²) in [5.41, 5.74) is 1.22. The lowest BCUT2D eigenvalue weighted by Crippen LogP contribution is -2.48. The number of hydrogen-bond donors (Lipinski definition) is 1. The van der Waals surface area contributed by atoms with Crippen molar-refractivity contribution in [3.8, 4) is 0 Å². The smallest absolute Gasteiger partial charge is 0.223 e. The first-order valence-electron chi connectivity index (χ1n) is 7.27. The Balaban J connectivity index is 1.59. The molecule has 1 aromatic carbocycles. The van der Waals surface area contributed by atoms with Gasteiger partial charge in [0.15, 0.2) is 0 Å². The molecule has 102 valence electrons. The minimum Gasteiger partial charge on any atom is -0.393 e. The van der Waals surface area contributed by atoms with E-state index in [2.05, 4.69) is 17.0 Å². The maximum atomic E-state index is 12.4. The molecule has 2 aliphatic heterocycles. The predicted molar refractivity (Wildman–Crippen MR) is 73.7 cm³/mol. The summed E-state index contributed by atoms with van der Waals surface area (Å²) in [5.74, 6) is 0.267. The summed E-state index contributed by atoms with van der Waals surface area (Å²) < 4.78 is 0. The van der Waals surface area contributed by atoms with Crippen molar-refractivity contribution in [2.45, 2.75) is 56.7 Å². The molecular formula is C16H21NO2. The summed E-state index contributed by atoms with van der Waals surface area (Å²) in [7, 11) is 0. The number of aryl methyl sites for hydroxylation is 1. The Labute approximate surface area is 114 Å². The maximum absolute atomic E-state index is 12.4. The molecule has 0 aliphatic carbocycles. The van der Waals surface area contributed by atoms with Gasteiger partial charge in [-0.15, -0.1) is 0 Å². The summed E-state index contributed by atoms with van der Waals surface area (Å²) in [5, 5.41) is 9.76. The third kappa shape index (κ3) is 2.66. The van der Waals surface area contributed by atoms with E-state index in [0.29, 0.717) is 6.42 Å². The van der Waals surface area contributed by atoms with Gasteiger partial charge in [0.2, 0.25) is 5.91 Å². The standard InChI is InChI=1S/C16H21NO2/c18-15-10-13-7-8-14(11-15)17(13)16(19)9-6-12-4-2-1-3-5-12/h1-5,13-15,18H,6-11H2. The zero-order chi connectivity index (χ0) is 13.2. The van der Waals surface area contributed by atoms with Gasteiger partial charge in [-0.2, -0.15) is 0 Å². The van der Waals surface area contributed by atoms with Gasteiger partial charge in [0, 0.05) is 18.5 Å². The molecule has 2 heterocycles. The van der Waals surface area contributed by atoms with Crippen molar-refractivity contribution in [1.82, 2.24) is 4.90 Å². The minimum atomic E-state index is -0.198. The number of benzene rings is 1. The molecule has 0 spiro atoms. The van der Waals surface area contributed by atoms with Crippen molar-refractivity contribution in [3.05, 3.63) is 35.9 Å². The van der Waals surface area contributed by atoms with Crippen LogP contribution in [0.4, 0.5) is 0 Å². The molecule has 1 aromatic rings. The lowest BCUT2D eigenvalue weighted by atomic mass is 9.99. The van der Waals surface area contributed by atoms with Crippen LogP contribution in [0.25, 0.3) is 0 Å². The Kier molecular flexibility index (Phi) is 3.56. The number of fused-ring (bicyclic) bond motifs is 2. The summed E-state index contributed by atoms with van der Waals surface area (Å²) in [4.78, 5) is 14.4. The quantitative estimate of drug-likeness (QED) is 0.903. The Morgan fingerprint density at radius 1 is 1.16 bits per heavy atom. The highest BCUT2D eigenvalue weighted by molar-refractivity contribution is 5.77. The first-order valence-corrected chi connectivity index (χ1v) is 7.27. The Hall–Kier alpha value is -1.35. The SMILES string of the molecule is O=C(CCc1ccccc1)N1C2CCC1CC(O)C2. The van der Waals surface area contributed by atoms with E-state index >= 15 is 0 Å². The molecule has 2 bridgehead atoms. The molecule has 3 rings (SSSR count). The molecule has 19 heavy (non-hydrogen) atoms. The number of rotatable bonds is 3. The van der Waals surface area contributed by atoms with Crippen molar-refractivity contribution in [2.75, 3.05) is 0 Å². The van der Waals surface area contributed by atoms with Crippen LogP contribution in [0.5, 0.6) is 0 Å². The summed E-state index contributed by atoms with van der Waals surface area (Å²) in [6.45, 7) is 0. The molecular weight excluding hydrogens is 238 g/mol. The van der Waals surface area contributed by atoms with E-state index in [4.69, 9.17) is 0 Å². The van der Waals surface area contributed by atoms with Gasteiger partial charge >= 0.3 is 0 Å². The number of aliphatic hydroxyl groups excluding tert-OH is 1. The predicted octanol–water partition coefficient (Wildman–Crippen LogP) is 2.13. The van der Waals surface area contributed by atoms with Crippen LogP contribution in [0.3, 0.4) is 0 Å². The van der Waals surface area contributed by atoms with Crippen LogP contribution in [0.2, 0.25) is 0 Å². The lowest BCUT2D eigenvalue weighted by molar-refractivity contribution is -0.137. The fraction of sp³-hybridized carbons (Fsp3) is 0.562. The normalized spacial score (nSPS) is 29.5. The molecule has 0 radical (unpaired) electrons. The van der Waals surface area contributed by atoms with Gasteiger partial charge in [-0.05, 0) is 37.7 Å². The second-order valence-corrected chi connectivity index (χ2v) is 5.80. The van der Waals surface area contributed by atoms with Gasteiger partial charge in [-0.1, -0.05) is 30.3 Å². The number of hydrogen-bond acceptors (Lipinski definition) is 2. The first kappa shape index (κ1) is 12.7. The fourth-order valence-corrected chi connectivity index (χ4v) is 3.58. The topological polar surface area (TPSA) is 40.5 Å². The van der Waals surface area contributed by atoms with Gasteiger partial charge in [0.25, 0.3) is 0 Å². The second kappa shape index (κ2) is 5.33. The zero-order valence-electron chi connectivity index (χ0n) is 11.2. The van der Waals surface area contributed by atoms with E-state index < -0.39 is 0 Å². The van der Waals surface area contributed by atoms with Crippen LogP contribution >= 0.6 is 0 Å². The van der Waals surface area contributed by atoms with Crippen molar-refractivity contribution < 1.29 is 9.90 Å². The zero-order valence-corrected chi connectivity index (χ0v) is 11.2. The van der Waals surface area contributed by atoms with Gasteiger partial charge < -0.3 is 10.0 Å². The van der Waals surface area contributed by atoms with E-state index in [-0.39, 0.29) is 24.1 Å². The number of aliphatic hydroxyl groups is 1. The third-order valence-corrected chi connectivity index (χ3v) is 4.47. The number of nitrogens with zero attached hydrogens (tertiary/aromatic N) is 1. The monoisotopic (exact) mass is 259 g/mol. The van der Waals surface area contributed by atoms with E-state index in [1.165, 1.54) is 5.56 Å². The van der Waals surface area contributed by atoms with Crippen LogP contribution in [-0.2, 0) is 11.2 Å². The van der Waals surface area contributed by atoms with Crippen LogP contribution < -0.4 is 0 Å². The number of carbonyl (C=O) groups excluding carboxylic acids is 1. The molecule has 2 unspecified atom stereocenters. The Bertz CT molecular complexity index is 431. The van der Waals surface area contributed by atoms with Gasteiger partial charge in [0.05, 0.1) is 6.10 Å². The average molecular weight is 259 g/mol. The van der Waals surface area contributed by atoms with E-state index in [0.717, 1.165) is 32.1 Å². The highest BCUT2D eigenvalue weighted by Crippen LogP contribution is 2.36. The van der Waals surface area contributed by atoms with Crippen LogP contribution in [0, 0.1) is 0 Å². The molecule has 3 heteroatoms. The molecule has 0 saturated carbocycles. The molecule has 2 saturated heterocycles. The van der Waals surface area contributed by atoms with Crippen LogP contribution in [-0.4, -0.2) is 34.1 Å². The van der Waals surface area contributed by atoms with E-state index in [1.54, 1.807) is 0 Å². The molecule has 2 fully saturated rings. The largest absolute Gasteiger partial charge is 0.393 e. The average Bonchev–Trinajstić information content (AvgIpc) is 2.70. The van der Waals surface area contributed by atoms with Crippen molar-refractivity contribution in [3.63, 3.8) is 0 Å². The lowest BCUT2D eigenvalue weighted by Gasteiger charge is -2.37. The van der Waals surface area contributed by atoms with Gasteiger partial charge in [0.1, 0.15) is 0 Å². The highest BCUT2D eigenvalue weighted by Gasteiger charge is 2.42. The summed E-state index contributed by atoms with van der Waals surface area (Å²) in [6, 6.07) is 10.7. The molecule has 1 amide bonds. The van der Waals surface area contributed by atoms with Crippen molar-refractivity contribution >= 4 is 5.91 Å². The Morgan fingerprint density at radius 2 is 1.79 bits per heavy atom. The van der Waals surface area contributed by atoms with Crippen LogP contribution in [0.15, 0.2) is 30.3 Å².